The van der Waals surface area contributed by atoms with E-state index in [1.807, 2.05) is 18.2 Å². The Morgan fingerprint density at radius 3 is 2.48 bits per heavy atom. The molecule has 1 aliphatic rings. The predicted octanol–water partition coefficient (Wildman–Crippen LogP) is 2.83. The van der Waals surface area contributed by atoms with Gasteiger partial charge in [0.15, 0.2) is 0 Å². The minimum atomic E-state index is -0.404. The average molecular weight is 366 g/mol. The zero-order valence-corrected chi connectivity index (χ0v) is 15.2. The number of hydrogen-bond donors (Lipinski definition) is 2. The number of para-hydroxylation sites is 2. The number of phenolic OH excluding ortho intramolecular Hbond substituents is 2. The quantitative estimate of drug-likeness (QED) is 0.694. The van der Waals surface area contributed by atoms with Crippen molar-refractivity contribution in [2.24, 2.45) is 0 Å². The molecule has 3 aromatic rings. The van der Waals surface area contributed by atoms with Crippen LogP contribution < -0.4 is 10.5 Å². The van der Waals surface area contributed by atoms with Crippen LogP contribution in [0.3, 0.4) is 0 Å². The number of nitrogens with zero attached hydrogens (tertiary/aromatic N) is 2. The zero-order valence-electron chi connectivity index (χ0n) is 15.2. The van der Waals surface area contributed by atoms with E-state index in [9.17, 15) is 15.0 Å². The van der Waals surface area contributed by atoms with E-state index in [4.69, 9.17) is 4.42 Å². The van der Waals surface area contributed by atoms with E-state index >= 15 is 0 Å². The van der Waals surface area contributed by atoms with Gasteiger partial charge < -0.3 is 19.5 Å². The Balaban J connectivity index is 1.54. The van der Waals surface area contributed by atoms with Crippen molar-refractivity contribution in [3.05, 3.63) is 64.0 Å². The number of anilines is 1. The molecule has 0 spiro atoms. The minimum Gasteiger partial charge on any atom is -0.508 e. The van der Waals surface area contributed by atoms with Crippen LogP contribution in [-0.4, -0.2) is 41.3 Å². The molecule has 0 atom stereocenters. The Bertz CT molecular complexity index is 1040. The number of benzene rings is 2. The van der Waals surface area contributed by atoms with Crippen LogP contribution in [0.1, 0.15) is 11.1 Å². The second kappa shape index (κ2) is 6.96. The third-order valence-corrected chi connectivity index (χ3v) is 5.21. The fourth-order valence-corrected chi connectivity index (χ4v) is 3.67. The van der Waals surface area contributed by atoms with Crippen LogP contribution in [0.5, 0.6) is 11.5 Å². The van der Waals surface area contributed by atoms with Crippen molar-refractivity contribution in [2.75, 3.05) is 31.1 Å². The van der Waals surface area contributed by atoms with Crippen LogP contribution in [0.25, 0.3) is 11.0 Å². The minimum absolute atomic E-state index is 0.124. The average Bonchev–Trinajstić information content (AvgIpc) is 2.66. The number of piperazine rings is 1. The molecule has 1 fully saturated rings. The molecule has 4 rings (SSSR count). The molecule has 140 valence electrons. The predicted molar refractivity (Wildman–Crippen MR) is 104 cm³/mol. The summed E-state index contributed by atoms with van der Waals surface area (Å²) in [6, 6.07) is 12.3. The van der Waals surface area contributed by atoms with Crippen molar-refractivity contribution in [3.8, 4) is 11.5 Å². The molecule has 2 heterocycles. The van der Waals surface area contributed by atoms with E-state index in [2.05, 4.69) is 9.80 Å². The molecule has 6 heteroatoms. The van der Waals surface area contributed by atoms with Crippen LogP contribution in [0.15, 0.2) is 51.7 Å². The smallest absolute Gasteiger partial charge is 0.336 e. The fraction of sp³-hybridized carbons (Fsp3) is 0.286. The van der Waals surface area contributed by atoms with Crippen LogP contribution in [0.2, 0.25) is 0 Å². The van der Waals surface area contributed by atoms with Crippen molar-refractivity contribution in [1.29, 1.82) is 0 Å². The van der Waals surface area contributed by atoms with Crippen LogP contribution in [0, 0.1) is 6.92 Å². The number of rotatable bonds is 3. The number of aryl methyl sites for hydroxylation is 1. The molecular weight excluding hydrogens is 344 g/mol. The lowest BCUT2D eigenvalue weighted by molar-refractivity contribution is 0.249. The SMILES string of the molecule is Cc1c(O)ccc2c(CN3CCN(c4ccccc4O)CC3)cc(=O)oc12. The molecule has 0 bridgehead atoms. The molecule has 2 N–H and O–H groups in total. The maximum atomic E-state index is 12.0. The van der Waals surface area contributed by atoms with E-state index < -0.39 is 5.63 Å². The molecule has 0 radical (unpaired) electrons. The molecule has 2 aromatic carbocycles. The molecule has 0 amide bonds. The van der Waals surface area contributed by atoms with Gasteiger partial charge in [-0.25, -0.2) is 4.79 Å². The standard InChI is InChI=1S/C21H22N2O4/c1-14-18(24)7-6-16-15(12-20(26)27-21(14)16)13-22-8-10-23(11-9-22)17-4-2-3-5-19(17)25/h2-7,12,24-25H,8-11,13H2,1H3. The maximum absolute atomic E-state index is 12.0. The molecule has 27 heavy (non-hydrogen) atoms. The molecule has 0 aliphatic carbocycles. The third-order valence-electron chi connectivity index (χ3n) is 5.21. The second-order valence-electron chi connectivity index (χ2n) is 6.93. The Hall–Kier alpha value is -2.99. The summed E-state index contributed by atoms with van der Waals surface area (Å²) in [7, 11) is 0. The highest BCUT2D eigenvalue weighted by Crippen LogP contribution is 2.29. The molecule has 1 aromatic heterocycles. The van der Waals surface area contributed by atoms with Gasteiger partial charge in [-0.15, -0.1) is 0 Å². The first-order valence-electron chi connectivity index (χ1n) is 9.03. The van der Waals surface area contributed by atoms with Crippen molar-refractivity contribution >= 4 is 16.7 Å². The summed E-state index contributed by atoms with van der Waals surface area (Å²) in [5, 5.41) is 20.8. The maximum Gasteiger partial charge on any atom is 0.336 e. The highest BCUT2D eigenvalue weighted by molar-refractivity contribution is 5.84. The lowest BCUT2D eigenvalue weighted by Crippen LogP contribution is -2.46. The van der Waals surface area contributed by atoms with Crippen molar-refractivity contribution < 1.29 is 14.6 Å². The molecular formula is C21H22N2O4. The van der Waals surface area contributed by atoms with E-state index in [1.54, 1.807) is 25.1 Å². The number of phenols is 2. The zero-order chi connectivity index (χ0) is 19.0. The molecule has 0 saturated carbocycles. The Labute approximate surface area is 156 Å². The first-order chi connectivity index (χ1) is 13.0. The molecule has 1 aliphatic heterocycles. The lowest BCUT2D eigenvalue weighted by atomic mass is 10.1. The van der Waals surface area contributed by atoms with Crippen molar-refractivity contribution in [1.82, 2.24) is 4.90 Å². The Morgan fingerprint density at radius 2 is 1.74 bits per heavy atom. The summed E-state index contributed by atoms with van der Waals surface area (Å²) < 4.78 is 5.32. The monoisotopic (exact) mass is 366 g/mol. The largest absolute Gasteiger partial charge is 0.508 e. The summed E-state index contributed by atoms with van der Waals surface area (Å²) in [5.41, 5.74) is 2.38. The molecule has 1 saturated heterocycles. The van der Waals surface area contributed by atoms with Gasteiger partial charge >= 0.3 is 5.63 Å². The Morgan fingerprint density at radius 1 is 1.00 bits per heavy atom. The summed E-state index contributed by atoms with van der Waals surface area (Å²) in [4.78, 5) is 16.4. The van der Waals surface area contributed by atoms with Gasteiger partial charge in [0.2, 0.25) is 0 Å². The van der Waals surface area contributed by atoms with E-state index in [1.165, 1.54) is 6.07 Å². The Kier molecular flexibility index (Phi) is 4.49. The van der Waals surface area contributed by atoms with Gasteiger partial charge in [-0.05, 0) is 36.8 Å². The van der Waals surface area contributed by atoms with Crippen LogP contribution in [-0.2, 0) is 6.54 Å². The van der Waals surface area contributed by atoms with E-state index in [0.717, 1.165) is 42.8 Å². The van der Waals surface area contributed by atoms with Gasteiger partial charge in [0.25, 0.3) is 0 Å². The van der Waals surface area contributed by atoms with Gasteiger partial charge in [-0.2, -0.15) is 0 Å². The van der Waals surface area contributed by atoms with Crippen molar-refractivity contribution in [3.63, 3.8) is 0 Å². The highest BCUT2D eigenvalue weighted by Gasteiger charge is 2.20. The fourth-order valence-electron chi connectivity index (χ4n) is 3.67. The normalized spacial score (nSPS) is 15.4. The number of hydrogen-bond acceptors (Lipinski definition) is 6. The van der Waals surface area contributed by atoms with Crippen LogP contribution in [0.4, 0.5) is 5.69 Å². The highest BCUT2D eigenvalue weighted by atomic mass is 16.4. The molecule has 6 nitrogen and oxygen atoms in total. The summed E-state index contributed by atoms with van der Waals surface area (Å²) in [6.45, 7) is 5.64. The molecule has 0 unspecified atom stereocenters. The second-order valence-corrected chi connectivity index (χ2v) is 6.93. The van der Waals surface area contributed by atoms with Crippen LogP contribution >= 0.6 is 0 Å². The van der Waals surface area contributed by atoms with E-state index in [0.29, 0.717) is 23.4 Å². The third kappa shape index (κ3) is 3.36. The summed E-state index contributed by atoms with van der Waals surface area (Å²) in [6.07, 6.45) is 0. The van der Waals surface area contributed by atoms with Gasteiger partial charge in [0.05, 0.1) is 5.69 Å². The number of fused-ring (bicyclic) bond motifs is 1. The first kappa shape index (κ1) is 17.4. The van der Waals surface area contributed by atoms with Gasteiger partial charge in [0.1, 0.15) is 17.1 Å². The van der Waals surface area contributed by atoms with Gasteiger partial charge in [0, 0.05) is 49.7 Å². The van der Waals surface area contributed by atoms with Crippen molar-refractivity contribution in [2.45, 2.75) is 13.5 Å². The van der Waals surface area contributed by atoms with Gasteiger partial charge in [-0.1, -0.05) is 12.1 Å². The first-order valence-corrected chi connectivity index (χ1v) is 9.03. The van der Waals surface area contributed by atoms with Gasteiger partial charge in [-0.3, -0.25) is 4.90 Å². The summed E-state index contributed by atoms with van der Waals surface area (Å²) in [5.74, 6) is 0.423. The number of aromatic hydroxyl groups is 2. The topological polar surface area (TPSA) is 77.1 Å². The lowest BCUT2D eigenvalue weighted by Gasteiger charge is -2.36. The summed E-state index contributed by atoms with van der Waals surface area (Å²) >= 11 is 0. The van der Waals surface area contributed by atoms with E-state index in [-0.39, 0.29) is 5.75 Å².